The van der Waals surface area contributed by atoms with E-state index in [0.29, 0.717) is 12.3 Å². The lowest BCUT2D eigenvalue weighted by Gasteiger charge is -2.26. The van der Waals surface area contributed by atoms with Crippen molar-refractivity contribution < 1.29 is 13.9 Å². The third-order valence-electron chi connectivity index (χ3n) is 5.13. The van der Waals surface area contributed by atoms with Crippen LogP contribution in [-0.4, -0.2) is 46.7 Å². The highest BCUT2D eigenvalue weighted by atomic mass is 16.5. The summed E-state index contributed by atoms with van der Waals surface area (Å²) in [7, 11) is 1.60. The minimum Gasteiger partial charge on any atom is -0.442 e. The Hall–Kier alpha value is -2.97. The van der Waals surface area contributed by atoms with Gasteiger partial charge in [-0.2, -0.15) is 0 Å². The van der Waals surface area contributed by atoms with Crippen LogP contribution in [0.5, 0.6) is 0 Å². The van der Waals surface area contributed by atoms with Crippen molar-refractivity contribution in [1.29, 1.82) is 0 Å². The first-order valence-corrected chi connectivity index (χ1v) is 9.64. The Morgan fingerprint density at radius 2 is 2.00 bits per heavy atom. The van der Waals surface area contributed by atoms with E-state index in [1.807, 2.05) is 12.1 Å². The molecule has 1 saturated heterocycles. The highest BCUT2D eigenvalue weighted by Gasteiger charge is 2.22. The number of nitrogens with one attached hydrogen (secondary N) is 1. The summed E-state index contributed by atoms with van der Waals surface area (Å²) in [6.07, 6.45) is 1.38. The number of furan rings is 1. The molecule has 8 heteroatoms. The zero-order valence-electron chi connectivity index (χ0n) is 16.6. The zero-order valence-corrected chi connectivity index (χ0v) is 16.6. The number of aromatic nitrogens is 2. The van der Waals surface area contributed by atoms with E-state index < -0.39 is 0 Å². The summed E-state index contributed by atoms with van der Waals surface area (Å²) in [5.74, 6) is 0.0410. The maximum Gasteiger partial charge on any atom is 0.265 e. The molecule has 1 N–H and O–H groups in total. The van der Waals surface area contributed by atoms with Gasteiger partial charge in [0.25, 0.3) is 11.5 Å². The van der Waals surface area contributed by atoms with E-state index in [9.17, 15) is 9.59 Å². The predicted molar refractivity (Wildman–Crippen MR) is 108 cm³/mol. The number of hydrogen-bond donors (Lipinski definition) is 1. The third-order valence-corrected chi connectivity index (χ3v) is 5.13. The van der Waals surface area contributed by atoms with Gasteiger partial charge in [-0.15, -0.1) is 0 Å². The highest BCUT2D eigenvalue weighted by Crippen LogP contribution is 2.20. The van der Waals surface area contributed by atoms with Crippen molar-refractivity contribution in [2.24, 2.45) is 7.05 Å². The molecule has 0 saturated carbocycles. The third kappa shape index (κ3) is 4.08. The monoisotopic (exact) mass is 396 g/mol. The van der Waals surface area contributed by atoms with Crippen molar-refractivity contribution in [3.05, 3.63) is 63.4 Å². The lowest BCUT2D eigenvalue weighted by molar-refractivity contribution is 0.0342. The highest BCUT2D eigenvalue weighted by molar-refractivity contribution is 6.06. The number of aryl methyl sites for hydroxylation is 2. The average molecular weight is 396 g/mol. The standard InChI is InChI=1S/C21H24N4O4/c1-14-17(18-20(29-14)23-13-24(2)21(18)27)19(26)22-11-15-4-3-5-16(10-15)12-25-6-8-28-9-7-25/h3-5,10,13H,6-9,11-12H2,1-2H3,(H,22,26). The van der Waals surface area contributed by atoms with Gasteiger partial charge in [-0.1, -0.05) is 24.3 Å². The fourth-order valence-corrected chi connectivity index (χ4v) is 3.59. The van der Waals surface area contributed by atoms with Crippen molar-refractivity contribution >= 4 is 17.0 Å². The molecular weight excluding hydrogens is 372 g/mol. The molecule has 0 bridgehead atoms. The largest absolute Gasteiger partial charge is 0.442 e. The van der Waals surface area contributed by atoms with Crippen LogP contribution in [0.1, 0.15) is 27.2 Å². The number of nitrogens with zero attached hydrogens (tertiary/aromatic N) is 3. The molecule has 0 aliphatic carbocycles. The lowest BCUT2D eigenvalue weighted by atomic mass is 10.1. The van der Waals surface area contributed by atoms with Crippen LogP contribution < -0.4 is 10.9 Å². The number of hydrogen-bond acceptors (Lipinski definition) is 6. The summed E-state index contributed by atoms with van der Waals surface area (Å²) in [5.41, 5.74) is 2.33. The van der Waals surface area contributed by atoms with Crippen molar-refractivity contribution in [2.75, 3.05) is 26.3 Å². The summed E-state index contributed by atoms with van der Waals surface area (Å²) in [5, 5.41) is 3.12. The van der Waals surface area contributed by atoms with Gasteiger partial charge in [0, 0.05) is 33.2 Å². The van der Waals surface area contributed by atoms with E-state index in [1.165, 1.54) is 16.5 Å². The maximum absolute atomic E-state index is 12.8. The smallest absolute Gasteiger partial charge is 0.265 e. The molecule has 1 fully saturated rings. The minimum atomic E-state index is -0.343. The van der Waals surface area contributed by atoms with Crippen molar-refractivity contribution in [3.8, 4) is 0 Å². The van der Waals surface area contributed by atoms with Gasteiger partial charge in [0.2, 0.25) is 5.71 Å². The number of amides is 1. The van der Waals surface area contributed by atoms with E-state index in [2.05, 4.69) is 27.3 Å². The summed E-state index contributed by atoms with van der Waals surface area (Å²) < 4.78 is 12.2. The van der Waals surface area contributed by atoms with Gasteiger partial charge in [-0.05, 0) is 18.1 Å². The van der Waals surface area contributed by atoms with E-state index in [1.54, 1.807) is 14.0 Å². The molecule has 1 amide bonds. The molecule has 29 heavy (non-hydrogen) atoms. The molecule has 152 valence electrons. The summed E-state index contributed by atoms with van der Waals surface area (Å²) >= 11 is 0. The van der Waals surface area contributed by atoms with Gasteiger partial charge in [-0.25, -0.2) is 4.98 Å². The molecule has 1 aromatic carbocycles. The molecule has 0 radical (unpaired) electrons. The second kappa shape index (κ2) is 8.18. The Labute approximate surface area is 168 Å². The summed E-state index contributed by atoms with van der Waals surface area (Å²) in [6, 6.07) is 8.15. The van der Waals surface area contributed by atoms with E-state index in [4.69, 9.17) is 9.15 Å². The van der Waals surface area contributed by atoms with Crippen molar-refractivity contribution in [2.45, 2.75) is 20.0 Å². The Bertz CT molecular complexity index is 1100. The molecule has 3 aromatic rings. The fraction of sp³-hybridized carbons (Fsp3) is 0.381. The van der Waals surface area contributed by atoms with Gasteiger partial charge in [0.15, 0.2) is 0 Å². The minimum absolute atomic E-state index is 0.184. The Kier molecular flexibility index (Phi) is 5.46. The first kappa shape index (κ1) is 19.4. The quantitative estimate of drug-likeness (QED) is 0.705. The number of ether oxygens (including phenoxy) is 1. The number of morpholine rings is 1. The molecule has 0 atom stereocenters. The molecule has 0 unspecified atom stereocenters. The molecule has 3 heterocycles. The van der Waals surface area contributed by atoms with E-state index in [0.717, 1.165) is 38.4 Å². The predicted octanol–water partition coefficient (Wildman–Crippen LogP) is 1.60. The Morgan fingerprint density at radius 1 is 1.24 bits per heavy atom. The molecule has 8 nitrogen and oxygen atoms in total. The van der Waals surface area contributed by atoms with Gasteiger partial charge in [-0.3, -0.25) is 14.5 Å². The fourth-order valence-electron chi connectivity index (χ4n) is 3.59. The van der Waals surface area contributed by atoms with Crippen LogP contribution in [0.3, 0.4) is 0 Å². The first-order chi connectivity index (χ1) is 14.0. The number of rotatable bonds is 5. The van der Waals surface area contributed by atoms with Crippen LogP contribution in [0.15, 0.2) is 39.8 Å². The van der Waals surface area contributed by atoms with Crippen LogP contribution >= 0.6 is 0 Å². The second-order valence-corrected chi connectivity index (χ2v) is 7.27. The number of carbonyl (C=O) groups excluding carboxylic acids is 1. The number of benzene rings is 1. The average Bonchev–Trinajstić information content (AvgIpc) is 3.07. The molecule has 4 rings (SSSR count). The maximum atomic E-state index is 12.8. The molecule has 1 aliphatic rings. The molecular formula is C21H24N4O4. The number of carbonyl (C=O) groups is 1. The Balaban J connectivity index is 1.48. The topological polar surface area (TPSA) is 89.6 Å². The van der Waals surface area contributed by atoms with Gasteiger partial charge in [0.1, 0.15) is 17.5 Å². The molecule has 1 aliphatic heterocycles. The normalized spacial score (nSPS) is 15.0. The first-order valence-electron chi connectivity index (χ1n) is 9.64. The van der Waals surface area contributed by atoms with Crippen LogP contribution in [0.25, 0.3) is 11.1 Å². The zero-order chi connectivity index (χ0) is 20.4. The van der Waals surface area contributed by atoms with Crippen molar-refractivity contribution in [1.82, 2.24) is 19.8 Å². The van der Waals surface area contributed by atoms with Crippen LogP contribution in [0.4, 0.5) is 0 Å². The summed E-state index contributed by atoms with van der Waals surface area (Å²) in [4.78, 5) is 31.7. The van der Waals surface area contributed by atoms with E-state index in [-0.39, 0.29) is 28.1 Å². The SMILES string of the molecule is Cc1oc2ncn(C)c(=O)c2c1C(=O)NCc1cccc(CN2CCOCC2)c1. The van der Waals surface area contributed by atoms with Gasteiger partial charge >= 0.3 is 0 Å². The summed E-state index contributed by atoms with van der Waals surface area (Å²) in [6.45, 7) is 6.28. The Morgan fingerprint density at radius 3 is 2.79 bits per heavy atom. The van der Waals surface area contributed by atoms with E-state index >= 15 is 0 Å². The van der Waals surface area contributed by atoms with Crippen LogP contribution in [0, 0.1) is 6.92 Å². The van der Waals surface area contributed by atoms with Crippen LogP contribution in [0.2, 0.25) is 0 Å². The molecule has 2 aromatic heterocycles. The second-order valence-electron chi connectivity index (χ2n) is 7.27. The lowest BCUT2D eigenvalue weighted by Crippen LogP contribution is -2.35. The number of fused-ring (bicyclic) bond motifs is 1. The van der Waals surface area contributed by atoms with Gasteiger partial charge < -0.3 is 19.0 Å². The van der Waals surface area contributed by atoms with Crippen molar-refractivity contribution in [3.63, 3.8) is 0 Å². The molecule has 0 spiro atoms. The van der Waals surface area contributed by atoms with Crippen LogP contribution in [-0.2, 0) is 24.9 Å². The van der Waals surface area contributed by atoms with Gasteiger partial charge in [0.05, 0.1) is 18.8 Å².